The number of ether oxygens (including phenoxy) is 1. The third kappa shape index (κ3) is 2.33. The zero-order valence-corrected chi connectivity index (χ0v) is 15.3. The molecular formula is C23H21NO3. The van der Waals surface area contributed by atoms with E-state index in [0.29, 0.717) is 17.5 Å². The van der Waals surface area contributed by atoms with Crippen molar-refractivity contribution in [3.05, 3.63) is 75.9 Å². The Hall–Kier alpha value is -2.72. The summed E-state index contributed by atoms with van der Waals surface area (Å²) >= 11 is 0. The highest BCUT2D eigenvalue weighted by Gasteiger charge is 2.47. The molecule has 1 saturated heterocycles. The van der Waals surface area contributed by atoms with Crippen molar-refractivity contribution in [1.82, 2.24) is 5.32 Å². The summed E-state index contributed by atoms with van der Waals surface area (Å²) in [6, 6.07) is 13.7. The molecule has 2 aromatic carbocycles. The predicted molar refractivity (Wildman–Crippen MR) is 103 cm³/mol. The van der Waals surface area contributed by atoms with Crippen molar-refractivity contribution in [2.75, 3.05) is 13.1 Å². The highest BCUT2D eigenvalue weighted by atomic mass is 16.6. The molecule has 5 rings (SSSR count). The fourth-order valence-electron chi connectivity index (χ4n) is 4.77. The summed E-state index contributed by atoms with van der Waals surface area (Å²) < 4.78 is 5.86. The molecule has 27 heavy (non-hydrogen) atoms. The molecule has 1 fully saturated rings. The van der Waals surface area contributed by atoms with E-state index >= 15 is 0 Å². The van der Waals surface area contributed by atoms with Crippen molar-refractivity contribution in [2.24, 2.45) is 0 Å². The summed E-state index contributed by atoms with van der Waals surface area (Å²) in [4.78, 5) is 26.2. The minimum absolute atomic E-state index is 0.0523. The predicted octanol–water partition coefficient (Wildman–Crippen LogP) is 3.65. The van der Waals surface area contributed by atoms with Crippen molar-refractivity contribution in [1.29, 1.82) is 0 Å². The van der Waals surface area contributed by atoms with Crippen LogP contribution in [0.3, 0.4) is 0 Å². The van der Waals surface area contributed by atoms with E-state index in [4.69, 9.17) is 4.74 Å². The third-order valence-electron chi connectivity index (χ3n) is 6.22. The number of fused-ring (bicyclic) bond motifs is 3. The Morgan fingerprint density at radius 3 is 2.63 bits per heavy atom. The minimum Gasteiger partial charge on any atom is -0.450 e. The fourth-order valence-corrected chi connectivity index (χ4v) is 4.77. The molecule has 1 spiro atoms. The first-order valence-corrected chi connectivity index (χ1v) is 9.51. The number of ketones is 1. The van der Waals surface area contributed by atoms with Crippen molar-refractivity contribution in [3.8, 4) is 0 Å². The van der Waals surface area contributed by atoms with E-state index in [9.17, 15) is 9.59 Å². The zero-order valence-electron chi connectivity index (χ0n) is 15.3. The second kappa shape index (κ2) is 5.89. The van der Waals surface area contributed by atoms with E-state index in [0.717, 1.165) is 48.2 Å². The molecule has 0 amide bonds. The Labute approximate surface area is 158 Å². The van der Waals surface area contributed by atoms with Gasteiger partial charge < -0.3 is 10.1 Å². The second-order valence-corrected chi connectivity index (χ2v) is 7.63. The molecule has 136 valence electrons. The van der Waals surface area contributed by atoms with Gasteiger partial charge in [0.2, 0.25) is 0 Å². The largest absolute Gasteiger partial charge is 0.450 e. The Bertz CT molecular complexity index is 1010. The zero-order chi connectivity index (χ0) is 18.6. The van der Waals surface area contributed by atoms with Gasteiger partial charge in [-0.3, -0.25) is 4.79 Å². The van der Waals surface area contributed by atoms with Gasteiger partial charge in [-0.25, -0.2) is 4.79 Å². The van der Waals surface area contributed by atoms with Crippen LogP contribution < -0.4 is 5.32 Å². The highest BCUT2D eigenvalue weighted by molar-refractivity contribution is 6.19. The van der Waals surface area contributed by atoms with Crippen LogP contribution in [0.25, 0.3) is 5.57 Å². The van der Waals surface area contributed by atoms with E-state index in [1.54, 1.807) is 6.07 Å². The topological polar surface area (TPSA) is 55.4 Å². The van der Waals surface area contributed by atoms with Crippen LogP contribution in [0.1, 0.15) is 57.2 Å². The lowest BCUT2D eigenvalue weighted by Gasteiger charge is -2.33. The van der Waals surface area contributed by atoms with Gasteiger partial charge >= 0.3 is 5.97 Å². The van der Waals surface area contributed by atoms with Crippen LogP contribution >= 0.6 is 0 Å². The molecule has 0 unspecified atom stereocenters. The molecule has 1 aliphatic carbocycles. The lowest BCUT2D eigenvalue weighted by molar-refractivity contribution is -0.0242. The monoisotopic (exact) mass is 359 g/mol. The van der Waals surface area contributed by atoms with Crippen molar-refractivity contribution >= 4 is 17.3 Å². The number of esters is 1. The maximum atomic E-state index is 13.4. The molecular weight excluding hydrogens is 338 g/mol. The lowest BCUT2D eigenvalue weighted by Crippen LogP contribution is -2.39. The Morgan fingerprint density at radius 2 is 1.85 bits per heavy atom. The third-order valence-corrected chi connectivity index (χ3v) is 6.22. The molecule has 0 saturated carbocycles. The molecule has 4 nitrogen and oxygen atoms in total. The van der Waals surface area contributed by atoms with Gasteiger partial charge in [0.25, 0.3) is 0 Å². The number of carbonyl (C=O) groups excluding carboxylic acids is 2. The Balaban J connectivity index is 1.59. The molecule has 0 bridgehead atoms. The van der Waals surface area contributed by atoms with Crippen LogP contribution in [0, 0.1) is 0 Å². The summed E-state index contributed by atoms with van der Waals surface area (Å²) in [7, 11) is 0. The van der Waals surface area contributed by atoms with Gasteiger partial charge in [-0.2, -0.15) is 0 Å². The number of rotatable bonds is 2. The molecule has 0 atom stereocenters. The first-order valence-electron chi connectivity index (χ1n) is 9.51. The number of hydrogen-bond acceptors (Lipinski definition) is 4. The standard InChI is InChI=1S/C23H21NO3/c1-14-16-6-3-2-5-15(16)13-18(14)21(25)17-7-4-8-19-20(17)22(26)27-23(19)9-11-24-12-10-23/h2-8,24H,9-13H2,1H3. The lowest BCUT2D eigenvalue weighted by atomic mass is 9.82. The number of piperidine rings is 1. The molecule has 4 heteroatoms. The van der Waals surface area contributed by atoms with E-state index in [-0.39, 0.29) is 11.8 Å². The fraction of sp³-hybridized carbons (Fsp3) is 0.304. The van der Waals surface area contributed by atoms with Crippen LogP contribution in [-0.2, 0) is 16.8 Å². The first kappa shape index (κ1) is 16.5. The van der Waals surface area contributed by atoms with E-state index in [2.05, 4.69) is 17.4 Å². The van der Waals surface area contributed by atoms with Crippen LogP contribution in [0.2, 0.25) is 0 Å². The maximum Gasteiger partial charge on any atom is 0.340 e. The van der Waals surface area contributed by atoms with Gasteiger partial charge in [-0.1, -0.05) is 42.5 Å². The maximum absolute atomic E-state index is 13.4. The van der Waals surface area contributed by atoms with Gasteiger partial charge in [-0.05, 0) is 36.7 Å². The average molecular weight is 359 g/mol. The highest BCUT2D eigenvalue weighted by Crippen LogP contribution is 2.45. The molecule has 2 heterocycles. The molecule has 2 aromatic rings. The van der Waals surface area contributed by atoms with Crippen molar-refractivity contribution in [3.63, 3.8) is 0 Å². The van der Waals surface area contributed by atoms with Crippen LogP contribution in [0.4, 0.5) is 0 Å². The molecule has 0 radical (unpaired) electrons. The number of benzene rings is 2. The molecule has 1 N–H and O–H groups in total. The number of allylic oxidation sites excluding steroid dienone is 2. The number of carbonyl (C=O) groups is 2. The summed E-state index contributed by atoms with van der Waals surface area (Å²) in [5, 5.41) is 3.31. The molecule has 2 aliphatic heterocycles. The van der Waals surface area contributed by atoms with Gasteiger partial charge in [0, 0.05) is 36.0 Å². The minimum atomic E-state index is -0.573. The Morgan fingerprint density at radius 1 is 1.07 bits per heavy atom. The summed E-state index contributed by atoms with van der Waals surface area (Å²) in [6.45, 7) is 3.61. The quantitative estimate of drug-likeness (QED) is 0.657. The summed E-state index contributed by atoms with van der Waals surface area (Å²) in [6.07, 6.45) is 2.11. The van der Waals surface area contributed by atoms with E-state index in [1.807, 2.05) is 31.2 Å². The van der Waals surface area contributed by atoms with Gasteiger partial charge in [0.15, 0.2) is 5.78 Å². The average Bonchev–Trinajstić information content (AvgIpc) is 3.17. The van der Waals surface area contributed by atoms with Crippen LogP contribution in [-0.4, -0.2) is 24.8 Å². The van der Waals surface area contributed by atoms with E-state index in [1.165, 1.54) is 5.56 Å². The molecule has 0 aromatic heterocycles. The van der Waals surface area contributed by atoms with Crippen LogP contribution in [0.5, 0.6) is 0 Å². The smallest absolute Gasteiger partial charge is 0.340 e. The second-order valence-electron chi connectivity index (χ2n) is 7.63. The Kier molecular flexibility index (Phi) is 3.59. The molecule has 3 aliphatic rings. The van der Waals surface area contributed by atoms with Gasteiger partial charge in [0.05, 0.1) is 5.56 Å². The van der Waals surface area contributed by atoms with Crippen molar-refractivity contribution in [2.45, 2.75) is 31.8 Å². The van der Waals surface area contributed by atoms with Gasteiger partial charge in [-0.15, -0.1) is 0 Å². The summed E-state index contributed by atoms with van der Waals surface area (Å²) in [5.41, 5.74) is 5.36. The summed E-state index contributed by atoms with van der Waals surface area (Å²) in [5.74, 6) is -0.409. The van der Waals surface area contributed by atoms with Gasteiger partial charge in [0.1, 0.15) is 5.60 Å². The normalized spacial score (nSPS) is 19.8. The number of nitrogens with one attached hydrogen (secondary N) is 1. The number of Topliss-reactive ketones (excluding diaryl/α,β-unsaturated/α-hetero) is 1. The first-order chi connectivity index (χ1) is 13.1. The van der Waals surface area contributed by atoms with Crippen molar-refractivity contribution < 1.29 is 14.3 Å². The van der Waals surface area contributed by atoms with Crippen LogP contribution in [0.15, 0.2) is 48.0 Å². The number of hydrogen-bond donors (Lipinski definition) is 1. The SMILES string of the molecule is CC1=C(C(=O)c2cccc3c2C(=O)OC32CCNCC2)Cc2ccccc21. The van der Waals surface area contributed by atoms with E-state index < -0.39 is 5.60 Å².